The minimum atomic E-state index is -0.0745. The molecule has 0 saturated heterocycles. The highest BCUT2D eigenvalue weighted by molar-refractivity contribution is 6.12. The lowest BCUT2D eigenvalue weighted by Gasteiger charge is -2.25. The van der Waals surface area contributed by atoms with E-state index in [1.54, 1.807) is 0 Å². The van der Waals surface area contributed by atoms with Crippen molar-refractivity contribution in [1.29, 1.82) is 0 Å². The number of anilines is 6. The van der Waals surface area contributed by atoms with Crippen LogP contribution in [0.15, 0.2) is 231 Å². The standard InChI is InChI=1S/C67H60N6/c1-9-23-46(24-10-2)65-68-63(72-59-37-33-47(66(3,4)5)41-55(59)57-43-53(35-39-61(57)72)70(49-25-15-11-16-26-49)50-27-17-12-18-28-50)45-64(69-65)73-60-38-34-48(67(6,7)8)42-56(60)58-44-54(36-40-62(58)73)71(51-29-19-13-20-30-51)52-31-21-14-22-32-52/h9-45H,1H2,2-8H3/b24-10-,46-23+. The molecule has 0 atom stereocenters. The average Bonchev–Trinajstić information content (AvgIpc) is 3.91. The van der Waals surface area contributed by atoms with Crippen LogP contribution in [-0.2, 0) is 10.8 Å². The highest BCUT2D eigenvalue weighted by Gasteiger charge is 2.25. The molecule has 0 radical (unpaired) electrons. The summed E-state index contributed by atoms with van der Waals surface area (Å²) in [6, 6.07) is 72.1. The molecule has 0 unspecified atom stereocenters. The van der Waals surface area contributed by atoms with Crippen LogP contribution in [0, 0.1) is 0 Å². The number of aromatic nitrogens is 4. The molecule has 0 fully saturated rings. The number of rotatable bonds is 11. The largest absolute Gasteiger partial charge is 0.310 e. The van der Waals surface area contributed by atoms with E-state index in [2.05, 4.69) is 273 Å². The molecule has 8 aromatic carbocycles. The quantitative estimate of drug-likeness (QED) is 0.121. The van der Waals surface area contributed by atoms with Crippen LogP contribution in [0.1, 0.15) is 65.4 Å². The molecule has 0 aliphatic heterocycles. The summed E-state index contributed by atoms with van der Waals surface area (Å²) in [5.41, 5.74) is 13.9. The number of hydrogen-bond donors (Lipinski definition) is 0. The van der Waals surface area contributed by atoms with E-state index in [1.807, 2.05) is 25.2 Å². The lowest BCUT2D eigenvalue weighted by atomic mass is 9.86. The van der Waals surface area contributed by atoms with Gasteiger partial charge in [0.1, 0.15) is 11.6 Å². The fourth-order valence-corrected chi connectivity index (χ4v) is 10.2. The Kier molecular flexibility index (Phi) is 12.0. The molecule has 0 saturated carbocycles. The highest BCUT2D eigenvalue weighted by Crippen LogP contribution is 2.44. The van der Waals surface area contributed by atoms with Crippen LogP contribution >= 0.6 is 0 Å². The number of allylic oxidation sites excluding steroid dienone is 5. The van der Waals surface area contributed by atoms with Gasteiger partial charge in [-0.2, -0.15) is 0 Å². The van der Waals surface area contributed by atoms with Gasteiger partial charge in [-0.1, -0.05) is 157 Å². The molecule has 0 bridgehead atoms. The van der Waals surface area contributed by atoms with E-state index < -0.39 is 0 Å². The average molecular weight is 949 g/mol. The second-order valence-electron chi connectivity index (χ2n) is 20.8. The summed E-state index contributed by atoms with van der Waals surface area (Å²) >= 11 is 0. The van der Waals surface area contributed by atoms with Crippen molar-refractivity contribution in [1.82, 2.24) is 19.1 Å². The SMILES string of the molecule is C=C/C=C(\C=C/C)c1nc(-n2c3ccc(N(c4ccccc4)c4ccccc4)cc3c3cc(C(C)(C)C)ccc32)cc(-n2c3ccc(N(c4ccccc4)c4ccccc4)cc3c3cc(C(C)(C)C)ccc32)n1. The summed E-state index contributed by atoms with van der Waals surface area (Å²) in [4.78, 5) is 15.7. The smallest absolute Gasteiger partial charge is 0.163 e. The Labute approximate surface area is 429 Å². The predicted octanol–water partition coefficient (Wildman–Crippen LogP) is 18.4. The summed E-state index contributed by atoms with van der Waals surface area (Å²) in [5.74, 6) is 2.12. The van der Waals surface area contributed by atoms with E-state index in [-0.39, 0.29) is 10.8 Å². The molecule has 0 amide bonds. The first-order chi connectivity index (χ1) is 35.4. The molecule has 6 heteroatoms. The van der Waals surface area contributed by atoms with Gasteiger partial charge >= 0.3 is 0 Å². The van der Waals surface area contributed by atoms with Gasteiger partial charge in [-0.3, -0.25) is 9.13 Å². The molecular formula is C67H60N6. The van der Waals surface area contributed by atoms with Crippen molar-refractivity contribution >= 4 is 83.3 Å². The maximum absolute atomic E-state index is 5.51. The second-order valence-corrected chi connectivity index (χ2v) is 20.8. The van der Waals surface area contributed by atoms with Crippen molar-refractivity contribution in [3.63, 3.8) is 0 Å². The van der Waals surface area contributed by atoms with Crippen molar-refractivity contribution in [2.45, 2.75) is 59.3 Å². The fourth-order valence-electron chi connectivity index (χ4n) is 10.2. The van der Waals surface area contributed by atoms with Gasteiger partial charge in [0.2, 0.25) is 0 Å². The van der Waals surface area contributed by atoms with Gasteiger partial charge in [0.25, 0.3) is 0 Å². The van der Waals surface area contributed by atoms with E-state index >= 15 is 0 Å². The Bertz CT molecular complexity index is 3570. The Morgan fingerprint density at radius 3 is 1.10 bits per heavy atom. The van der Waals surface area contributed by atoms with Crippen LogP contribution in [0.4, 0.5) is 34.1 Å². The van der Waals surface area contributed by atoms with Crippen LogP contribution in [0.5, 0.6) is 0 Å². The third-order valence-electron chi connectivity index (χ3n) is 13.9. The zero-order chi connectivity index (χ0) is 50.4. The third kappa shape index (κ3) is 8.69. The molecule has 0 spiro atoms. The van der Waals surface area contributed by atoms with Gasteiger partial charge in [0.15, 0.2) is 5.82 Å². The molecule has 0 N–H and O–H groups in total. The molecule has 0 aliphatic carbocycles. The minimum absolute atomic E-state index is 0.0745. The number of hydrogen-bond acceptors (Lipinski definition) is 4. The lowest BCUT2D eigenvalue weighted by molar-refractivity contribution is 0.591. The summed E-state index contributed by atoms with van der Waals surface area (Å²) < 4.78 is 4.65. The lowest BCUT2D eigenvalue weighted by Crippen LogP contribution is -2.11. The van der Waals surface area contributed by atoms with Crippen LogP contribution < -0.4 is 9.80 Å². The van der Waals surface area contributed by atoms with E-state index in [9.17, 15) is 0 Å². The van der Waals surface area contributed by atoms with E-state index in [4.69, 9.17) is 9.97 Å². The van der Waals surface area contributed by atoms with E-state index in [0.29, 0.717) is 5.82 Å². The first kappa shape index (κ1) is 46.6. The predicted molar refractivity (Wildman–Crippen MR) is 310 cm³/mol. The molecule has 358 valence electrons. The summed E-state index contributed by atoms with van der Waals surface area (Å²) in [6.45, 7) is 19.8. The Morgan fingerprint density at radius 1 is 0.425 bits per heavy atom. The Hall–Kier alpha value is -8.74. The Morgan fingerprint density at radius 2 is 0.767 bits per heavy atom. The minimum Gasteiger partial charge on any atom is -0.310 e. The molecular weight excluding hydrogens is 889 g/mol. The number of nitrogens with zero attached hydrogens (tertiary/aromatic N) is 6. The van der Waals surface area contributed by atoms with E-state index in [0.717, 1.165) is 94.9 Å². The van der Waals surface area contributed by atoms with Crippen LogP contribution in [0.25, 0.3) is 60.8 Å². The molecule has 11 rings (SSSR count). The maximum Gasteiger partial charge on any atom is 0.163 e. The summed E-state index contributed by atoms with van der Waals surface area (Å²) in [7, 11) is 0. The van der Waals surface area contributed by atoms with Crippen LogP contribution in [-0.4, -0.2) is 19.1 Å². The van der Waals surface area contributed by atoms with Crippen LogP contribution in [0.3, 0.4) is 0 Å². The van der Waals surface area contributed by atoms with Gasteiger partial charge in [0, 0.05) is 67.3 Å². The van der Waals surface area contributed by atoms with Gasteiger partial charge < -0.3 is 9.80 Å². The van der Waals surface area contributed by atoms with Crippen molar-refractivity contribution in [3.05, 3.63) is 248 Å². The maximum atomic E-state index is 5.51. The highest BCUT2D eigenvalue weighted by atomic mass is 15.2. The van der Waals surface area contributed by atoms with Crippen molar-refractivity contribution in [2.24, 2.45) is 0 Å². The molecule has 11 aromatic rings. The number of para-hydroxylation sites is 4. The van der Waals surface area contributed by atoms with Crippen molar-refractivity contribution in [3.8, 4) is 11.6 Å². The molecule has 6 nitrogen and oxygen atoms in total. The van der Waals surface area contributed by atoms with Gasteiger partial charge in [0.05, 0.1) is 22.1 Å². The summed E-state index contributed by atoms with van der Waals surface area (Å²) in [6.07, 6.45) is 7.91. The normalized spacial score (nSPS) is 12.4. The number of benzene rings is 8. The second kappa shape index (κ2) is 18.8. The third-order valence-corrected chi connectivity index (χ3v) is 13.9. The first-order valence-corrected chi connectivity index (χ1v) is 25.2. The zero-order valence-electron chi connectivity index (χ0n) is 42.8. The number of fused-ring (bicyclic) bond motifs is 6. The van der Waals surface area contributed by atoms with Gasteiger partial charge in [-0.05, 0) is 138 Å². The molecule has 0 aliphatic rings. The summed E-state index contributed by atoms with van der Waals surface area (Å²) in [5, 5.41) is 4.58. The molecule has 3 aromatic heterocycles. The van der Waals surface area contributed by atoms with Gasteiger partial charge in [-0.25, -0.2) is 9.97 Å². The van der Waals surface area contributed by atoms with Crippen molar-refractivity contribution < 1.29 is 0 Å². The van der Waals surface area contributed by atoms with E-state index in [1.165, 1.54) is 11.1 Å². The topological polar surface area (TPSA) is 42.1 Å². The zero-order valence-corrected chi connectivity index (χ0v) is 42.8. The van der Waals surface area contributed by atoms with Crippen molar-refractivity contribution in [2.75, 3.05) is 9.80 Å². The van der Waals surface area contributed by atoms with Gasteiger partial charge in [-0.15, -0.1) is 0 Å². The Balaban J connectivity index is 1.20. The first-order valence-electron chi connectivity index (χ1n) is 25.2. The fraction of sp³-hybridized carbons (Fsp3) is 0.134. The monoisotopic (exact) mass is 948 g/mol. The molecule has 73 heavy (non-hydrogen) atoms. The molecule has 3 heterocycles. The van der Waals surface area contributed by atoms with Crippen LogP contribution in [0.2, 0.25) is 0 Å².